The van der Waals surface area contributed by atoms with Gasteiger partial charge in [-0.2, -0.15) is 0 Å². The van der Waals surface area contributed by atoms with E-state index in [0.29, 0.717) is 0 Å². The molecule has 0 aromatic carbocycles. The van der Waals surface area contributed by atoms with Crippen LogP contribution in [0.25, 0.3) is 0 Å². The van der Waals surface area contributed by atoms with E-state index in [0.717, 1.165) is 17.2 Å². The molecule has 0 amide bonds. The second-order valence-electron chi connectivity index (χ2n) is 4.16. The van der Waals surface area contributed by atoms with Gasteiger partial charge in [0.2, 0.25) is 0 Å². The summed E-state index contributed by atoms with van der Waals surface area (Å²) in [7, 11) is 2.19. The van der Waals surface area contributed by atoms with E-state index in [2.05, 4.69) is 21.5 Å². The molecule has 1 aromatic rings. The Morgan fingerprint density at radius 1 is 1.50 bits per heavy atom. The normalized spacial score (nSPS) is 20.1. The molecule has 0 bridgehead atoms. The largest absolute Gasteiger partial charge is 0.337 e. The lowest BCUT2D eigenvalue weighted by Crippen LogP contribution is -2.31. The van der Waals surface area contributed by atoms with Crippen LogP contribution in [0.2, 0.25) is 0 Å². The maximum atomic E-state index is 5.17. The Labute approximate surface area is 89.7 Å². The van der Waals surface area contributed by atoms with Crippen molar-refractivity contribution in [2.45, 2.75) is 19.4 Å². The summed E-state index contributed by atoms with van der Waals surface area (Å²) in [6.45, 7) is 3.53. The molecule has 1 aliphatic heterocycles. The van der Waals surface area contributed by atoms with Crippen LogP contribution in [0, 0.1) is 10.7 Å². The van der Waals surface area contributed by atoms with Gasteiger partial charge in [0.25, 0.3) is 0 Å². The molecule has 2 rings (SSSR count). The Hall–Kier alpha value is -0.610. The predicted octanol–water partition coefficient (Wildman–Crippen LogP) is 1.89. The fourth-order valence-electron chi connectivity index (χ4n) is 2.02. The van der Waals surface area contributed by atoms with Crippen LogP contribution in [0.3, 0.4) is 0 Å². The molecular formula is C10H17N3S. The zero-order valence-electron chi connectivity index (χ0n) is 8.57. The fourth-order valence-corrected chi connectivity index (χ4v) is 2.22. The average Bonchev–Trinajstić information content (AvgIpc) is 2.56. The number of hydrogen-bond acceptors (Lipinski definition) is 2. The molecule has 0 spiro atoms. The first kappa shape index (κ1) is 9.93. The van der Waals surface area contributed by atoms with E-state index in [9.17, 15) is 0 Å². The Bertz CT molecular complexity index is 333. The van der Waals surface area contributed by atoms with Crippen LogP contribution in [0.4, 0.5) is 0 Å². The molecule has 2 heterocycles. The molecule has 4 heteroatoms. The number of aromatic amines is 1. The molecule has 0 radical (unpaired) electrons. The minimum absolute atomic E-state index is 0.800. The van der Waals surface area contributed by atoms with Crippen molar-refractivity contribution in [3.05, 3.63) is 17.2 Å². The molecular weight excluding hydrogens is 194 g/mol. The van der Waals surface area contributed by atoms with Gasteiger partial charge < -0.3 is 14.5 Å². The summed E-state index contributed by atoms with van der Waals surface area (Å²) in [6, 6.07) is 0. The van der Waals surface area contributed by atoms with Gasteiger partial charge in [0, 0.05) is 18.9 Å². The lowest BCUT2D eigenvalue weighted by atomic mass is 9.97. The quantitative estimate of drug-likeness (QED) is 0.755. The topological polar surface area (TPSA) is 24.0 Å². The van der Waals surface area contributed by atoms with E-state index in [4.69, 9.17) is 12.2 Å². The van der Waals surface area contributed by atoms with Crippen LogP contribution in [-0.4, -0.2) is 34.6 Å². The Kier molecular flexibility index (Phi) is 3.03. The predicted molar refractivity (Wildman–Crippen MR) is 59.8 cm³/mol. The van der Waals surface area contributed by atoms with Crippen molar-refractivity contribution in [2.75, 3.05) is 20.1 Å². The highest BCUT2D eigenvalue weighted by Gasteiger charge is 2.16. The van der Waals surface area contributed by atoms with E-state index in [1.165, 1.54) is 25.9 Å². The van der Waals surface area contributed by atoms with Crippen LogP contribution in [0.5, 0.6) is 0 Å². The number of aromatic nitrogens is 2. The second-order valence-corrected chi connectivity index (χ2v) is 4.55. The summed E-state index contributed by atoms with van der Waals surface area (Å²) < 4.78 is 3.00. The summed E-state index contributed by atoms with van der Waals surface area (Å²) in [6.07, 6.45) is 6.55. The highest BCUT2D eigenvalue weighted by molar-refractivity contribution is 7.71. The van der Waals surface area contributed by atoms with E-state index < -0.39 is 0 Å². The number of H-pyrrole nitrogens is 1. The van der Waals surface area contributed by atoms with Crippen LogP contribution < -0.4 is 0 Å². The number of nitrogens with one attached hydrogen (secondary N) is 1. The van der Waals surface area contributed by atoms with Gasteiger partial charge in [0.1, 0.15) is 0 Å². The third-order valence-corrected chi connectivity index (χ3v) is 3.37. The minimum atomic E-state index is 0.800. The first-order valence-corrected chi connectivity index (χ1v) is 5.59. The van der Waals surface area contributed by atoms with Crippen molar-refractivity contribution in [1.82, 2.24) is 14.5 Å². The summed E-state index contributed by atoms with van der Waals surface area (Å²) in [4.78, 5) is 5.43. The first-order chi connectivity index (χ1) is 6.75. The zero-order chi connectivity index (χ0) is 9.97. The molecule has 0 unspecified atom stereocenters. The van der Waals surface area contributed by atoms with Gasteiger partial charge in [-0.05, 0) is 51.1 Å². The van der Waals surface area contributed by atoms with Gasteiger partial charge in [0.05, 0.1) is 0 Å². The fraction of sp³-hybridized carbons (Fsp3) is 0.700. The second kappa shape index (κ2) is 4.28. The average molecular weight is 211 g/mol. The maximum Gasteiger partial charge on any atom is 0.177 e. The molecule has 1 aliphatic rings. The zero-order valence-corrected chi connectivity index (χ0v) is 9.39. The number of nitrogens with zero attached hydrogens (tertiary/aromatic N) is 2. The van der Waals surface area contributed by atoms with Gasteiger partial charge in [-0.3, -0.25) is 0 Å². The summed E-state index contributed by atoms with van der Waals surface area (Å²) >= 11 is 5.17. The van der Waals surface area contributed by atoms with E-state index >= 15 is 0 Å². The van der Waals surface area contributed by atoms with Crippen molar-refractivity contribution >= 4 is 12.2 Å². The summed E-state index contributed by atoms with van der Waals surface area (Å²) in [5.74, 6) is 0.800. The first-order valence-electron chi connectivity index (χ1n) is 5.18. The molecule has 0 aliphatic carbocycles. The third kappa shape index (κ3) is 2.25. The number of imidazole rings is 1. The van der Waals surface area contributed by atoms with Crippen LogP contribution >= 0.6 is 12.2 Å². The van der Waals surface area contributed by atoms with Gasteiger partial charge in [0.15, 0.2) is 4.77 Å². The van der Waals surface area contributed by atoms with Crippen molar-refractivity contribution in [3.8, 4) is 0 Å². The summed E-state index contributed by atoms with van der Waals surface area (Å²) in [5, 5.41) is 0. The smallest absolute Gasteiger partial charge is 0.177 e. The summed E-state index contributed by atoms with van der Waals surface area (Å²) in [5.41, 5.74) is 0. The van der Waals surface area contributed by atoms with Crippen molar-refractivity contribution in [1.29, 1.82) is 0 Å². The number of rotatable bonds is 2. The van der Waals surface area contributed by atoms with E-state index in [1.54, 1.807) is 0 Å². The van der Waals surface area contributed by atoms with E-state index in [-0.39, 0.29) is 0 Å². The van der Waals surface area contributed by atoms with Crippen molar-refractivity contribution in [3.63, 3.8) is 0 Å². The number of likely N-dealkylation sites (tertiary alicyclic amines) is 1. The molecule has 1 aromatic heterocycles. The molecule has 0 saturated carbocycles. The molecule has 3 nitrogen and oxygen atoms in total. The van der Waals surface area contributed by atoms with Crippen LogP contribution in [-0.2, 0) is 6.54 Å². The van der Waals surface area contributed by atoms with Crippen molar-refractivity contribution in [2.24, 2.45) is 5.92 Å². The monoisotopic (exact) mass is 211 g/mol. The lowest BCUT2D eigenvalue weighted by Gasteiger charge is -2.28. The molecule has 1 fully saturated rings. The standard InChI is InChI=1S/C10H17N3S/c1-12-5-2-9(3-6-12)8-13-7-4-11-10(13)14/h4,7,9H,2-3,5-6,8H2,1H3,(H,11,14). The van der Waals surface area contributed by atoms with Gasteiger partial charge in [-0.1, -0.05) is 0 Å². The molecule has 0 atom stereocenters. The number of hydrogen-bond donors (Lipinski definition) is 1. The highest BCUT2D eigenvalue weighted by atomic mass is 32.1. The van der Waals surface area contributed by atoms with Gasteiger partial charge in [-0.25, -0.2) is 0 Å². The molecule has 1 saturated heterocycles. The third-order valence-electron chi connectivity index (χ3n) is 3.02. The highest BCUT2D eigenvalue weighted by Crippen LogP contribution is 2.17. The Balaban J connectivity index is 1.93. The molecule has 78 valence electrons. The van der Waals surface area contributed by atoms with Crippen LogP contribution in [0.1, 0.15) is 12.8 Å². The Morgan fingerprint density at radius 2 is 2.21 bits per heavy atom. The van der Waals surface area contributed by atoms with Crippen molar-refractivity contribution < 1.29 is 0 Å². The van der Waals surface area contributed by atoms with Gasteiger partial charge >= 0.3 is 0 Å². The number of piperidine rings is 1. The minimum Gasteiger partial charge on any atom is -0.337 e. The van der Waals surface area contributed by atoms with Crippen LogP contribution in [0.15, 0.2) is 12.4 Å². The lowest BCUT2D eigenvalue weighted by molar-refractivity contribution is 0.204. The molecule has 1 N–H and O–H groups in total. The Morgan fingerprint density at radius 3 is 2.79 bits per heavy atom. The van der Waals surface area contributed by atoms with E-state index in [1.807, 2.05) is 12.4 Å². The molecule has 14 heavy (non-hydrogen) atoms. The SMILES string of the molecule is CN1CCC(Cn2cc[nH]c2=S)CC1. The maximum absolute atomic E-state index is 5.17. The van der Waals surface area contributed by atoms with Gasteiger partial charge in [-0.15, -0.1) is 0 Å².